The summed E-state index contributed by atoms with van der Waals surface area (Å²) < 4.78 is 4.48. The minimum absolute atomic E-state index is 0.224. The minimum atomic E-state index is -0.627. The highest BCUT2D eigenvalue weighted by Crippen LogP contribution is 2.04. The number of anilines is 1. The van der Waals surface area contributed by atoms with Crippen molar-refractivity contribution in [3.8, 4) is 0 Å². The maximum Gasteiger partial charge on any atom is 0.412 e. The highest BCUT2D eigenvalue weighted by Gasteiger charge is 2.00. The van der Waals surface area contributed by atoms with Crippen LogP contribution in [0.4, 0.5) is 10.5 Å². The quantitative estimate of drug-likeness (QED) is 0.714. The molecule has 4 heteroatoms. The van der Waals surface area contributed by atoms with E-state index in [1.54, 1.807) is 24.3 Å². The van der Waals surface area contributed by atoms with E-state index in [2.05, 4.69) is 10.1 Å². The lowest BCUT2D eigenvalue weighted by Gasteiger charge is -2.03. The van der Waals surface area contributed by atoms with E-state index in [-0.39, 0.29) is 6.61 Å². The molecule has 0 atom stereocenters. The minimum Gasteiger partial charge on any atom is -0.442 e. The Bertz CT molecular complexity index is 284. The summed E-state index contributed by atoms with van der Waals surface area (Å²) in [6.07, 6.45) is -0.108. The highest BCUT2D eigenvalue weighted by atomic mass is 16.5. The summed E-state index contributed by atoms with van der Waals surface area (Å²) in [5, 5.41) is 2.46. The van der Waals surface area contributed by atoms with Crippen LogP contribution in [0.5, 0.6) is 0 Å². The van der Waals surface area contributed by atoms with Crippen LogP contribution in [0.25, 0.3) is 0 Å². The van der Waals surface area contributed by atoms with Gasteiger partial charge in [-0.25, -0.2) is 4.79 Å². The van der Waals surface area contributed by atoms with Gasteiger partial charge in [0.25, 0.3) is 0 Å². The summed E-state index contributed by atoms with van der Waals surface area (Å²) in [4.78, 5) is 20.7. The summed E-state index contributed by atoms with van der Waals surface area (Å²) in [7, 11) is 0. The lowest BCUT2D eigenvalue weighted by Crippen LogP contribution is -2.14. The Kier molecular flexibility index (Phi) is 3.50. The van der Waals surface area contributed by atoms with Crippen molar-refractivity contribution >= 4 is 18.1 Å². The van der Waals surface area contributed by atoms with Crippen molar-refractivity contribution in [2.24, 2.45) is 0 Å². The van der Waals surface area contributed by atoms with Crippen LogP contribution in [0.1, 0.15) is 0 Å². The average Bonchev–Trinajstić information content (AvgIpc) is 2.16. The van der Waals surface area contributed by atoms with Gasteiger partial charge in [-0.3, -0.25) is 10.1 Å². The molecule has 0 aromatic heterocycles. The molecule has 4 nitrogen and oxygen atoms in total. The topological polar surface area (TPSA) is 55.4 Å². The van der Waals surface area contributed by atoms with Crippen molar-refractivity contribution in [3.05, 3.63) is 30.3 Å². The van der Waals surface area contributed by atoms with Gasteiger partial charge in [-0.2, -0.15) is 0 Å². The second kappa shape index (κ2) is 4.92. The Balaban J connectivity index is 2.41. The molecule has 0 bridgehead atoms. The summed E-state index contributed by atoms with van der Waals surface area (Å²) in [6, 6.07) is 8.86. The fourth-order valence-corrected chi connectivity index (χ4v) is 0.785. The van der Waals surface area contributed by atoms with Gasteiger partial charge >= 0.3 is 6.09 Å². The van der Waals surface area contributed by atoms with Crippen molar-refractivity contribution in [2.45, 2.75) is 0 Å². The molecule has 13 heavy (non-hydrogen) atoms. The zero-order chi connectivity index (χ0) is 9.52. The van der Waals surface area contributed by atoms with Crippen LogP contribution >= 0.6 is 0 Å². The fraction of sp³-hybridized carbons (Fsp3) is 0.111. The first-order valence-electron chi connectivity index (χ1n) is 3.75. The number of nitrogens with one attached hydrogen (secondary N) is 1. The molecule has 0 fully saturated rings. The molecule has 1 rings (SSSR count). The van der Waals surface area contributed by atoms with Crippen molar-refractivity contribution < 1.29 is 14.3 Å². The summed E-state index contributed by atoms with van der Waals surface area (Å²) in [5.41, 5.74) is 0.637. The van der Waals surface area contributed by atoms with Crippen LogP contribution in [0.3, 0.4) is 0 Å². The molecule has 0 heterocycles. The third-order valence-electron chi connectivity index (χ3n) is 1.30. The van der Waals surface area contributed by atoms with E-state index in [4.69, 9.17) is 0 Å². The summed E-state index contributed by atoms with van der Waals surface area (Å²) in [6.45, 7) is -0.224. The van der Waals surface area contributed by atoms with E-state index in [9.17, 15) is 9.59 Å². The predicted molar refractivity (Wildman–Crippen MR) is 47.5 cm³/mol. The molecule has 0 aliphatic carbocycles. The smallest absolute Gasteiger partial charge is 0.412 e. The Morgan fingerprint density at radius 2 is 2.08 bits per heavy atom. The van der Waals surface area contributed by atoms with Gasteiger partial charge in [-0.05, 0) is 12.1 Å². The predicted octanol–water partition coefficient (Wildman–Crippen LogP) is 1.43. The van der Waals surface area contributed by atoms with Gasteiger partial charge in [0.05, 0.1) is 0 Å². The lowest BCUT2D eigenvalue weighted by atomic mass is 10.3. The molecule has 0 unspecified atom stereocenters. The highest BCUT2D eigenvalue weighted by molar-refractivity contribution is 5.85. The number of para-hydroxylation sites is 1. The molecule has 1 aromatic carbocycles. The number of hydrogen-bond acceptors (Lipinski definition) is 3. The van der Waals surface area contributed by atoms with Crippen LogP contribution in [-0.4, -0.2) is 19.0 Å². The number of hydrogen-bond donors (Lipinski definition) is 1. The fourth-order valence-electron chi connectivity index (χ4n) is 0.785. The van der Waals surface area contributed by atoms with E-state index in [1.807, 2.05) is 6.07 Å². The molecular weight excluding hydrogens is 170 g/mol. The molecule has 1 N–H and O–H groups in total. The lowest BCUT2D eigenvalue weighted by molar-refractivity contribution is -0.110. The van der Waals surface area contributed by atoms with Gasteiger partial charge in [0.2, 0.25) is 0 Å². The maximum absolute atomic E-state index is 10.9. The number of carbonyl (C=O) groups excluding carboxylic acids is 2. The van der Waals surface area contributed by atoms with Gasteiger partial charge in [0.1, 0.15) is 6.61 Å². The Hall–Kier alpha value is -1.84. The van der Waals surface area contributed by atoms with E-state index in [1.165, 1.54) is 0 Å². The molecule has 0 aliphatic rings. The van der Waals surface area contributed by atoms with Crippen LogP contribution in [0.15, 0.2) is 30.3 Å². The van der Waals surface area contributed by atoms with E-state index >= 15 is 0 Å². The molecule has 68 valence electrons. The molecule has 0 saturated heterocycles. The van der Waals surface area contributed by atoms with Gasteiger partial charge in [-0.1, -0.05) is 18.2 Å². The average molecular weight is 179 g/mol. The number of rotatable bonds is 3. The number of ether oxygens (including phenoxy) is 1. The first kappa shape index (κ1) is 9.25. The van der Waals surface area contributed by atoms with Crippen LogP contribution < -0.4 is 5.32 Å². The number of carbonyl (C=O) groups is 2. The van der Waals surface area contributed by atoms with Crippen LogP contribution in [0, 0.1) is 0 Å². The molecule has 0 aliphatic heterocycles. The zero-order valence-electron chi connectivity index (χ0n) is 6.90. The largest absolute Gasteiger partial charge is 0.442 e. The molecule has 1 aromatic rings. The molecule has 0 spiro atoms. The van der Waals surface area contributed by atoms with Gasteiger partial charge in [0.15, 0.2) is 6.29 Å². The maximum atomic E-state index is 10.9. The SMILES string of the molecule is O=CCOC(=O)Nc1ccccc1. The second-order valence-corrected chi connectivity index (χ2v) is 2.26. The molecular formula is C9H9NO3. The van der Waals surface area contributed by atoms with E-state index < -0.39 is 6.09 Å². The van der Waals surface area contributed by atoms with Gasteiger partial charge < -0.3 is 4.74 Å². The first-order valence-corrected chi connectivity index (χ1v) is 3.75. The summed E-state index contributed by atoms with van der Waals surface area (Å²) in [5.74, 6) is 0. The first-order chi connectivity index (χ1) is 6.33. The Labute approximate surface area is 75.5 Å². The molecule has 0 saturated carbocycles. The van der Waals surface area contributed by atoms with Crippen molar-refractivity contribution in [3.63, 3.8) is 0 Å². The number of benzene rings is 1. The second-order valence-electron chi connectivity index (χ2n) is 2.26. The van der Waals surface area contributed by atoms with Gasteiger partial charge in [0, 0.05) is 5.69 Å². The van der Waals surface area contributed by atoms with Crippen LogP contribution in [-0.2, 0) is 9.53 Å². The monoisotopic (exact) mass is 179 g/mol. The van der Waals surface area contributed by atoms with Crippen molar-refractivity contribution in [2.75, 3.05) is 11.9 Å². The molecule has 0 radical (unpaired) electrons. The van der Waals surface area contributed by atoms with E-state index in [0.29, 0.717) is 12.0 Å². The normalized spacial score (nSPS) is 8.92. The zero-order valence-corrected chi connectivity index (χ0v) is 6.90. The summed E-state index contributed by atoms with van der Waals surface area (Å²) >= 11 is 0. The van der Waals surface area contributed by atoms with Crippen molar-refractivity contribution in [1.82, 2.24) is 0 Å². The van der Waals surface area contributed by atoms with Crippen molar-refractivity contribution in [1.29, 1.82) is 0 Å². The number of aldehydes is 1. The third-order valence-corrected chi connectivity index (χ3v) is 1.30. The molecule has 1 amide bonds. The van der Waals surface area contributed by atoms with E-state index in [0.717, 1.165) is 0 Å². The number of amides is 1. The standard InChI is InChI=1S/C9H9NO3/c11-6-7-13-9(12)10-8-4-2-1-3-5-8/h1-6H,7H2,(H,10,12). The van der Waals surface area contributed by atoms with Crippen LogP contribution in [0.2, 0.25) is 0 Å². The van der Waals surface area contributed by atoms with Gasteiger partial charge in [-0.15, -0.1) is 0 Å². The Morgan fingerprint density at radius 1 is 1.38 bits per heavy atom. The third kappa shape index (κ3) is 3.37. The Morgan fingerprint density at radius 3 is 2.69 bits per heavy atom.